The SMILES string of the molecule is COCCCNc1ccnc(C(=O)NCCCN(C)C)c1. The molecule has 1 rings (SSSR count). The molecule has 0 saturated carbocycles. The van der Waals surface area contributed by atoms with Crippen molar-refractivity contribution in [2.24, 2.45) is 0 Å². The number of nitrogens with zero attached hydrogens (tertiary/aromatic N) is 2. The number of carbonyl (C=O) groups excluding carboxylic acids is 1. The van der Waals surface area contributed by atoms with Crippen molar-refractivity contribution in [1.29, 1.82) is 0 Å². The summed E-state index contributed by atoms with van der Waals surface area (Å²) in [7, 11) is 5.72. The second-order valence-corrected chi connectivity index (χ2v) is 5.12. The molecule has 1 amide bonds. The minimum absolute atomic E-state index is 0.130. The lowest BCUT2D eigenvalue weighted by atomic mass is 10.3. The van der Waals surface area contributed by atoms with E-state index in [1.54, 1.807) is 19.4 Å². The van der Waals surface area contributed by atoms with Crippen molar-refractivity contribution in [2.45, 2.75) is 12.8 Å². The number of nitrogens with one attached hydrogen (secondary N) is 2. The Morgan fingerprint density at radius 2 is 2.14 bits per heavy atom. The third-order valence-electron chi connectivity index (χ3n) is 2.91. The lowest BCUT2D eigenvalue weighted by Crippen LogP contribution is -2.27. The van der Waals surface area contributed by atoms with Gasteiger partial charge >= 0.3 is 0 Å². The van der Waals surface area contributed by atoms with Crippen LogP contribution in [-0.2, 0) is 4.74 Å². The molecule has 0 aliphatic carbocycles. The molecule has 1 heterocycles. The Labute approximate surface area is 126 Å². The number of amides is 1. The zero-order valence-electron chi connectivity index (χ0n) is 13.2. The van der Waals surface area contributed by atoms with Gasteiger partial charge in [0.05, 0.1) is 0 Å². The summed E-state index contributed by atoms with van der Waals surface area (Å²) in [6.07, 6.45) is 3.49. The molecule has 0 aliphatic rings. The highest BCUT2D eigenvalue weighted by molar-refractivity contribution is 5.93. The zero-order chi connectivity index (χ0) is 15.5. The molecule has 0 atom stereocenters. The predicted octanol–water partition coefficient (Wildman–Crippen LogP) is 1.21. The lowest BCUT2D eigenvalue weighted by Gasteiger charge is -2.10. The maximum absolute atomic E-state index is 12.0. The van der Waals surface area contributed by atoms with Crippen LogP contribution in [0.1, 0.15) is 23.3 Å². The van der Waals surface area contributed by atoms with Gasteiger partial charge in [-0.2, -0.15) is 0 Å². The maximum atomic E-state index is 12.0. The Morgan fingerprint density at radius 1 is 1.33 bits per heavy atom. The minimum Gasteiger partial charge on any atom is -0.385 e. The van der Waals surface area contributed by atoms with Crippen molar-refractivity contribution in [3.63, 3.8) is 0 Å². The summed E-state index contributed by atoms with van der Waals surface area (Å²) >= 11 is 0. The molecule has 0 aliphatic heterocycles. The number of carbonyl (C=O) groups is 1. The first kappa shape index (κ1) is 17.4. The second kappa shape index (κ2) is 10.1. The third-order valence-corrected chi connectivity index (χ3v) is 2.91. The fourth-order valence-electron chi connectivity index (χ4n) is 1.80. The number of ether oxygens (including phenoxy) is 1. The number of hydrogen-bond donors (Lipinski definition) is 2. The van der Waals surface area contributed by atoms with Crippen LogP contribution in [0, 0.1) is 0 Å². The number of aromatic nitrogens is 1. The Morgan fingerprint density at radius 3 is 2.86 bits per heavy atom. The van der Waals surface area contributed by atoms with Gasteiger partial charge in [0.2, 0.25) is 0 Å². The molecule has 0 saturated heterocycles. The third kappa shape index (κ3) is 7.63. The Kier molecular flexibility index (Phi) is 8.38. The van der Waals surface area contributed by atoms with E-state index in [9.17, 15) is 4.79 Å². The Bertz CT molecular complexity index is 424. The van der Waals surface area contributed by atoms with Gasteiger partial charge in [0.1, 0.15) is 5.69 Å². The summed E-state index contributed by atoms with van der Waals surface area (Å²) in [6, 6.07) is 3.63. The molecule has 118 valence electrons. The molecule has 21 heavy (non-hydrogen) atoms. The van der Waals surface area contributed by atoms with Crippen LogP contribution in [-0.4, -0.2) is 63.2 Å². The van der Waals surface area contributed by atoms with E-state index in [2.05, 4.69) is 20.5 Å². The van der Waals surface area contributed by atoms with Crippen LogP contribution in [0.4, 0.5) is 5.69 Å². The van der Waals surface area contributed by atoms with Crippen LogP contribution < -0.4 is 10.6 Å². The quantitative estimate of drug-likeness (QED) is 0.635. The highest BCUT2D eigenvalue weighted by Crippen LogP contribution is 2.08. The van der Waals surface area contributed by atoms with Gasteiger partial charge in [0.25, 0.3) is 5.91 Å². The van der Waals surface area contributed by atoms with Crippen molar-refractivity contribution >= 4 is 11.6 Å². The first-order valence-corrected chi connectivity index (χ1v) is 7.25. The molecule has 0 unspecified atom stereocenters. The molecule has 0 bridgehead atoms. The van der Waals surface area contributed by atoms with Gasteiger partial charge in [-0.1, -0.05) is 0 Å². The summed E-state index contributed by atoms with van der Waals surface area (Å²) in [5.41, 5.74) is 1.34. The Hall–Kier alpha value is -1.66. The van der Waals surface area contributed by atoms with Crippen LogP contribution in [0.5, 0.6) is 0 Å². The van der Waals surface area contributed by atoms with Gasteiger partial charge in [0, 0.05) is 38.7 Å². The summed E-state index contributed by atoms with van der Waals surface area (Å²) in [5, 5.41) is 6.13. The first-order valence-electron chi connectivity index (χ1n) is 7.25. The standard InChI is InChI=1S/C15H26N4O2/c1-19(2)10-4-7-18-15(20)14-12-13(6-9-17-14)16-8-5-11-21-3/h6,9,12H,4-5,7-8,10-11H2,1-3H3,(H,16,17)(H,18,20). The number of hydrogen-bond acceptors (Lipinski definition) is 5. The van der Waals surface area contributed by atoms with E-state index in [0.717, 1.165) is 38.2 Å². The van der Waals surface area contributed by atoms with Crippen LogP contribution >= 0.6 is 0 Å². The van der Waals surface area contributed by atoms with Gasteiger partial charge in [-0.3, -0.25) is 9.78 Å². The lowest BCUT2D eigenvalue weighted by molar-refractivity contribution is 0.0947. The average Bonchev–Trinajstić information content (AvgIpc) is 2.48. The number of methoxy groups -OCH3 is 1. The van der Waals surface area contributed by atoms with Crippen LogP contribution in [0.2, 0.25) is 0 Å². The fraction of sp³-hybridized carbons (Fsp3) is 0.600. The van der Waals surface area contributed by atoms with E-state index in [1.807, 2.05) is 20.2 Å². The minimum atomic E-state index is -0.130. The molecule has 0 spiro atoms. The summed E-state index contributed by atoms with van der Waals surface area (Å²) < 4.78 is 4.99. The highest BCUT2D eigenvalue weighted by Gasteiger charge is 2.07. The van der Waals surface area contributed by atoms with E-state index in [4.69, 9.17) is 4.74 Å². The normalized spacial score (nSPS) is 10.7. The average molecular weight is 294 g/mol. The molecule has 1 aromatic rings. The smallest absolute Gasteiger partial charge is 0.269 e. The summed E-state index contributed by atoms with van der Waals surface area (Å²) in [4.78, 5) is 18.2. The molecule has 6 heteroatoms. The maximum Gasteiger partial charge on any atom is 0.269 e. The van der Waals surface area contributed by atoms with Gasteiger partial charge in [-0.25, -0.2) is 0 Å². The topological polar surface area (TPSA) is 66.5 Å². The van der Waals surface area contributed by atoms with Gasteiger partial charge in [-0.15, -0.1) is 0 Å². The number of rotatable bonds is 10. The first-order chi connectivity index (χ1) is 10.1. The van der Waals surface area contributed by atoms with Crippen LogP contribution in [0.25, 0.3) is 0 Å². The van der Waals surface area contributed by atoms with Crippen molar-refractivity contribution in [3.8, 4) is 0 Å². The highest BCUT2D eigenvalue weighted by atomic mass is 16.5. The molecule has 0 radical (unpaired) electrons. The van der Waals surface area contributed by atoms with E-state index in [-0.39, 0.29) is 5.91 Å². The van der Waals surface area contributed by atoms with Crippen molar-refractivity contribution < 1.29 is 9.53 Å². The summed E-state index contributed by atoms with van der Waals surface area (Å²) in [5.74, 6) is -0.130. The fourth-order valence-corrected chi connectivity index (χ4v) is 1.80. The molecule has 1 aromatic heterocycles. The monoisotopic (exact) mass is 294 g/mol. The molecular formula is C15H26N4O2. The van der Waals surface area contributed by atoms with E-state index in [1.165, 1.54) is 0 Å². The van der Waals surface area contributed by atoms with Gasteiger partial charge < -0.3 is 20.3 Å². The van der Waals surface area contributed by atoms with Gasteiger partial charge in [-0.05, 0) is 45.6 Å². The molecule has 0 fully saturated rings. The predicted molar refractivity (Wildman–Crippen MR) is 84.7 cm³/mol. The molecule has 6 nitrogen and oxygen atoms in total. The van der Waals surface area contributed by atoms with Crippen molar-refractivity contribution in [2.75, 3.05) is 52.8 Å². The Balaban J connectivity index is 2.38. The number of pyridine rings is 1. The molecule has 2 N–H and O–H groups in total. The zero-order valence-corrected chi connectivity index (χ0v) is 13.2. The molecule has 0 aromatic carbocycles. The van der Waals surface area contributed by atoms with Crippen LogP contribution in [0.15, 0.2) is 18.3 Å². The van der Waals surface area contributed by atoms with E-state index >= 15 is 0 Å². The largest absolute Gasteiger partial charge is 0.385 e. The van der Waals surface area contributed by atoms with Crippen molar-refractivity contribution in [3.05, 3.63) is 24.0 Å². The molecular weight excluding hydrogens is 268 g/mol. The van der Waals surface area contributed by atoms with E-state index < -0.39 is 0 Å². The number of anilines is 1. The second-order valence-electron chi connectivity index (χ2n) is 5.12. The van der Waals surface area contributed by atoms with Crippen LogP contribution in [0.3, 0.4) is 0 Å². The van der Waals surface area contributed by atoms with Gasteiger partial charge in [0.15, 0.2) is 0 Å². The summed E-state index contributed by atoms with van der Waals surface area (Å²) in [6.45, 7) is 3.14. The van der Waals surface area contributed by atoms with Crippen molar-refractivity contribution in [1.82, 2.24) is 15.2 Å². The van der Waals surface area contributed by atoms with E-state index in [0.29, 0.717) is 12.2 Å².